The van der Waals surface area contributed by atoms with Gasteiger partial charge in [0, 0.05) is 31.7 Å². The van der Waals surface area contributed by atoms with Gasteiger partial charge in [-0.1, -0.05) is 13.3 Å². The van der Waals surface area contributed by atoms with Crippen molar-refractivity contribution >= 4 is 0 Å². The molecule has 2 nitrogen and oxygen atoms in total. The summed E-state index contributed by atoms with van der Waals surface area (Å²) in [4.78, 5) is 2.68. The van der Waals surface area contributed by atoms with Crippen molar-refractivity contribution in [3.05, 3.63) is 0 Å². The lowest BCUT2D eigenvalue weighted by atomic mass is 9.69. The summed E-state index contributed by atoms with van der Waals surface area (Å²) in [7, 11) is 0. The average molecular weight is 196 g/mol. The van der Waals surface area contributed by atoms with Gasteiger partial charge in [-0.05, 0) is 32.1 Å². The van der Waals surface area contributed by atoms with Crippen molar-refractivity contribution in [2.75, 3.05) is 26.2 Å². The van der Waals surface area contributed by atoms with Gasteiger partial charge in [0.15, 0.2) is 0 Å². The van der Waals surface area contributed by atoms with Gasteiger partial charge in [-0.2, -0.15) is 0 Å². The molecule has 0 bridgehead atoms. The predicted molar refractivity (Wildman–Crippen MR) is 60.5 cm³/mol. The molecule has 1 aliphatic carbocycles. The van der Waals surface area contributed by atoms with E-state index in [2.05, 4.69) is 31.0 Å². The summed E-state index contributed by atoms with van der Waals surface area (Å²) < 4.78 is 0. The topological polar surface area (TPSA) is 15.3 Å². The SMILES string of the molecule is CC1(CN2CCNCC2(C)C)CCC1. The highest BCUT2D eigenvalue weighted by Crippen LogP contribution is 2.42. The first-order valence-electron chi connectivity index (χ1n) is 5.98. The fourth-order valence-electron chi connectivity index (χ4n) is 2.72. The second kappa shape index (κ2) is 3.49. The minimum absolute atomic E-state index is 0.358. The van der Waals surface area contributed by atoms with Crippen molar-refractivity contribution in [1.29, 1.82) is 0 Å². The molecule has 0 spiro atoms. The molecule has 1 N–H and O–H groups in total. The van der Waals surface area contributed by atoms with Crippen LogP contribution in [0.5, 0.6) is 0 Å². The summed E-state index contributed by atoms with van der Waals surface area (Å²) in [6, 6.07) is 0. The van der Waals surface area contributed by atoms with Crippen LogP contribution in [0.1, 0.15) is 40.0 Å². The first kappa shape index (κ1) is 10.4. The normalized spacial score (nSPS) is 31.1. The van der Waals surface area contributed by atoms with Crippen LogP contribution in [-0.2, 0) is 0 Å². The second-order valence-electron chi connectivity index (χ2n) is 6.07. The van der Waals surface area contributed by atoms with Crippen LogP contribution in [0.3, 0.4) is 0 Å². The van der Waals surface area contributed by atoms with E-state index in [0.29, 0.717) is 11.0 Å². The lowest BCUT2D eigenvalue weighted by Gasteiger charge is -2.50. The van der Waals surface area contributed by atoms with Gasteiger partial charge in [0.25, 0.3) is 0 Å². The molecule has 82 valence electrons. The molecule has 0 aromatic carbocycles. The zero-order valence-corrected chi connectivity index (χ0v) is 9.90. The maximum atomic E-state index is 3.49. The van der Waals surface area contributed by atoms with Crippen LogP contribution in [0, 0.1) is 5.41 Å². The smallest absolute Gasteiger partial charge is 0.0278 e. The molecular formula is C12H24N2. The van der Waals surface area contributed by atoms with E-state index in [4.69, 9.17) is 0 Å². The molecule has 1 heterocycles. The Bertz CT molecular complexity index is 206. The largest absolute Gasteiger partial charge is 0.314 e. The summed E-state index contributed by atoms with van der Waals surface area (Å²) in [5, 5.41) is 3.49. The van der Waals surface area contributed by atoms with Crippen molar-refractivity contribution in [2.45, 2.75) is 45.6 Å². The molecule has 1 saturated carbocycles. The van der Waals surface area contributed by atoms with Gasteiger partial charge in [0.2, 0.25) is 0 Å². The van der Waals surface area contributed by atoms with Gasteiger partial charge < -0.3 is 5.32 Å². The van der Waals surface area contributed by atoms with E-state index in [1.54, 1.807) is 0 Å². The van der Waals surface area contributed by atoms with E-state index >= 15 is 0 Å². The lowest BCUT2D eigenvalue weighted by molar-refractivity contribution is 0.0124. The fourth-order valence-corrected chi connectivity index (χ4v) is 2.72. The summed E-state index contributed by atoms with van der Waals surface area (Å²) in [5.41, 5.74) is 0.992. The summed E-state index contributed by atoms with van der Waals surface area (Å²) >= 11 is 0. The molecule has 0 aromatic heterocycles. The van der Waals surface area contributed by atoms with Gasteiger partial charge in [-0.25, -0.2) is 0 Å². The standard InChI is InChI=1S/C12H24N2/c1-11(2)9-13-7-8-14(11)10-12(3)5-4-6-12/h13H,4-10H2,1-3H3. The van der Waals surface area contributed by atoms with Crippen LogP contribution in [0.25, 0.3) is 0 Å². The molecule has 2 rings (SSSR count). The first-order valence-corrected chi connectivity index (χ1v) is 5.98. The molecule has 0 unspecified atom stereocenters. The maximum Gasteiger partial charge on any atom is 0.0278 e. The minimum Gasteiger partial charge on any atom is -0.314 e. The van der Waals surface area contributed by atoms with Crippen LogP contribution >= 0.6 is 0 Å². The van der Waals surface area contributed by atoms with E-state index in [1.807, 2.05) is 0 Å². The Morgan fingerprint density at radius 2 is 1.93 bits per heavy atom. The highest BCUT2D eigenvalue weighted by Gasteiger charge is 2.38. The van der Waals surface area contributed by atoms with Gasteiger partial charge >= 0.3 is 0 Å². The zero-order valence-electron chi connectivity index (χ0n) is 9.90. The van der Waals surface area contributed by atoms with E-state index in [-0.39, 0.29) is 0 Å². The average Bonchev–Trinajstić information content (AvgIpc) is 2.06. The molecule has 1 saturated heterocycles. The minimum atomic E-state index is 0.358. The van der Waals surface area contributed by atoms with Crippen LogP contribution in [-0.4, -0.2) is 36.6 Å². The van der Waals surface area contributed by atoms with Crippen LogP contribution in [0.4, 0.5) is 0 Å². The Hall–Kier alpha value is -0.0800. The van der Waals surface area contributed by atoms with Crippen LogP contribution < -0.4 is 5.32 Å². The number of hydrogen-bond acceptors (Lipinski definition) is 2. The van der Waals surface area contributed by atoms with E-state index in [1.165, 1.54) is 38.9 Å². The third-order valence-electron chi connectivity index (χ3n) is 4.11. The molecule has 14 heavy (non-hydrogen) atoms. The van der Waals surface area contributed by atoms with Crippen LogP contribution in [0.15, 0.2) is 0 Å². The van der Waals surface area contributed by atoms with Gasteiger partial charge in [0.1, 0.15) is 0 Å². The quantitative estimate of drug-likeness (QED) is 0.725. The monoisotopic (exact) mass is 196 g/mol. The van der Waals surface area contributed by atoms with E-state index < -0.39 is 0 Å². The first-order chi connectivity index (χ1) is 6.52. The van der Waals surface area contributed by atoms with Gasteiger partial charge in [-0.15, -0.1) is 0 Å². The van der Waals surface area contributed by atoms with Crippen molar-refractivity contribution < 1.29 is 0 Å². The number of piperazine rings is 1. The summed E-state index contributed by atoms with van der Waals surface area (Å²) in [6.07, 6.45) is 4.32. The van der Waals surface area contributed by atoms with Crippen molar-refractivity contribution in [3.63, 3.8) is 0 Å². The molecule has 2 aliphatic rings. The molecule has 0 amide bonds. The number of rotatable bonds is 2. The Labute approximate surface area is 88.1 Å². The number of nitrogens with zero attached hydrogens (tertiary/aromatic N) is 1. The van der Waals surface area contributed by atoms with Gasteiger partial charge in [0.05, 0.1) is 0 Å². The zero-order chi connectivity index (χ0) is 10.2. The van der Waals surface area contributed by atoms with Gasteiger partial charge in [-0.3, -0.25) is 4.90 Å². The van der Waals surface area contributed by atoms with Crippen molar-refractivity contribution in [3.8, 4) is 0 Å². The summed E-state index contributed by atoms with van der Waals surface area (Å²) in [5.74, 6) is 0. The molecule has 0 atom stereocenters. The number of nitrogens with one attached hydrogen (secondary N) is 1. The highest BCUT2D eigenvalue weighted by molar-refractivity contribution is 4.94. The Morgan fingerprint density at radius 3 is 2.43 bits per heavy atom. The Morgan fingerprint density at radius 1 is 1.21 bits per heavy atom. The van der Waals surface area contributed by atoms with Crippen LogP contribution in [0.2, 0.25) is 0 Å². The molecule has 0 radical (unpaired) electrons. The molecule has 2 heteroatoms. The summed E-state index contributed by atoms with van der Waals surface area (Å²) in [6.45, 7) is 12.0. The molecule has 2 fully saturated rings. The maximum absolute atomic E-state index is 3.49. The highest BCUT2D eigenvalue weighted by atomic mass is 15.3. The molecule has 1 aliphatic heterocycles. The third-order valence-corrected chi connectivity index (χ3v) is 4.11. The third kappa shape index (κ3) is 1.96. The lowest BCUT2D eigenvalue weighted by Crippen LogP contribution is -2.60. The Kier molecular flexibility index (Phi) is 2.61. The fraction of sp³-hybridized carbons (Fsp3) is 1.00. The van der Waals surface area contributed by atoms with Crippen molar-refractivity contribution in [1.82, 2.24) is 10.2 Å². The molecule has 0 aromatic rings. The molecular weight excluding hydrogens is 172 g/mol. The number of hydrogen-bond donors (Lipinski definition) is 1. The second-order valence-corrected chi connectivity index (χ2v) is 6.07. The van der Waals surface area contributed by atoms with Crippen molar-refractivity contribution in [2.24, 2.45) is 5.41 Å². The van der Waals surface area contributed by atoms with E-state index in [9.17, 15) is 0 Å². The Balaban J connectivity index is 1.95. The predicted octanol–water partition coefficient (Wildman–Crippen LogP) is 1.86. The van der Waals surface area contributed by atoms with E-state index in [0.717, 1.165) is 6.54 Å².